The Balaban J connectivity index is 1.69. The van der Waals surface area contributed by atoms with Gasteiger partial charge in [-0.25, -0.2) is 9.67 Å². The molecule has 1 saturated heterocycles. The van der Waals surface area contributed by atoms with Gasteiger partial charge in [0.05, 0.1) is 0 Å². The maximum Gasteiger partial charge on any atom is 0.276 e. The van der Waals surface area contributed by atoms with Gasteiger partial charge in [-0.1, -0.05) is 16.9 Å². The normalized spacial score (nSPS) is 18.6. The van der Waals surface area contributed by atoms with Crippen LogP contribution in [0.1, 0.15) is 5.69 Å². The van der Waals surface area contributed by atoms with E-state index >= 15 is 0 Å². The van der Waals surface area contributed by atoms with E-state index < -0.39 is 23.2 Å². The van der Waals surface area contributed by atoms with Crippen molar-refractivity contribution in [2.24, 2.45) is 12.2 Å². The molecule has 154 valence electrons. The minimum Gasteiger partial charge on any atom is -0.398 e. The van der Waals surface area contributed by atoms with Gasteiger partial charge in [0, 0.05) is 12.4 Å². The Morgan fingerprint density at radius 3 is 2.93 bits per heavy atom. The predicted molar refractivity (Wildman–Crippen MR) is 104 cm³/mol. The molecule has 0 aromatic carbocycles. The van der Waals surface area contributed by atoms with Crippen LogP contribution >= 0.6 is 34.7 Å². The van der Waals surface area contributed by atoms with Crippen LogP contribution in [0, 0.1) is 0 Å². The summed E-state index contributed by atoms with van der Waals surface area (Å²) >= 11 is 7.71. The summed E-state index contributed by atoms with van der Waals surface area (Å²) in [6.45, 7) is 0. The number of halogens is 1. The van der Waals surface area contributed by atoms with Crippen LogP contribution in [0.3, 0.4) is 0 Å². The number of hydrogen-bond donors (Lipinski definition) is 3. The number of nitrogens with one attached hydrogen (secondary N) is 3. The van der Waals surface area contributed by atoms with Crippen molar-refractivity contribution in [3.8, 4) is 0 Å². The van der Waals surface area contributed by atoms with Gasteiger partial charge in [0.2, 0.25) is 17.0 Å². The molecule has 1 aliphatic rings. The lowest BCUT2D eigenvalue weighted by molar-refractivity contribution is -0.132. The van der Waals surface area contributed by atoms with Crippen molar-refractivity contribution in [3.05, 3.63) is 11.1 Å². The van der Waals surface area contributed by atoms with Gasteiger partial charge in [0.15, 0.2) is 10.8 Å². The van der Waals surface area contributed by atoms with Gasteiger partial charge in [-0.2, -0.15) is 0 Å². The summed E-state index contributed by atoms with van der Waals surface area (Å²) in [4.78, 5) is 44.8. The highest BCUT2D eigenvalue weighted by Gasteiger charge is 2.43. The van der Waals surface area contributed by atoms with Crippen LogP contribution in [0.2, 0.25) is 0 Å². The first-order valence-corrected chi connectivity index (χ1v) is 10.2. The SMILES string of the molecule is CON=C(C(=O)N[C@@H]1C(=O)N[C@@H]1Sc1nnnn1C)c1csc(NC(=O)CCl)n1. The molecule has 13 nitrogen and oxygen atoms in total. The molecule has 3 heterocycles. The number of thiazole rings is 1. The number of aryl methyl sites for hydroxylation is 1. The van der Waals surface area contributed by atoms with Gasteiger partial charge >= 0.3 is 0 Å². The fourth-order valence-corrected chi connectivity index (χ4v) is 3.91. The van der Waals surface area contributed by atoms with Crippen LogP contribution in [-0.2, 0) is 26.3 Å². The Labute approximate surface area is 176 Å². The van der Waals surface area contributed by atoms with E-state index in [1.165, 1.54) is 28.9 Å². The summed E-state index contributed by atoms with van der Waals surface area (Å²) in [6.07, 6.45) is 0. The van der Waals surface area contributed by atoms with E-state index in [0.717, 1.165) is 11.3 Å². The van der Waals surface area contributed by atoms with Gasteiger partial charge < -0.3 is 20.8 Å². The van der Waals surface area contributed by atoms with Crippen LogP contribution in [0.25, 0.3) is 0 Å². The Kier molecular flexibility index (Phi) is 6.60. The van der Waals surface area contributed by atoms with Gasteiger partial charge in [-0.05, 0) is 10.4 Å². The highest BCUT2D eigenvalue weighted by Crippen LogP contribution is 2.26. The zero-order chi connectivity index (χ0) is 21.0. The molecule has 1 aliphatic heterocycles. The number of hydrogen-bond acceptors (Lipinski definition) is 11. The number of aromatic nitrogens is 5. The van der Waals surface area contributed by atoms with Crippen LogP contribution in [0.15, 0.2) is 15.7 Å². The van der Waals surface area contributed by atoms with Crippen LogP contribution in [0.5, 0.6) is 0 Å². The zero-order valence-electron chi connectivity index (χ0n) is 14.9. The van der Waals surface area contributed by atoms with Gasteiger partial charge in [-0.15, -0.1) is 28.0 Å². The molecule has 2 atom stereocenters. The summed E-state index contributed by atoms with van der Waals surface area (Å²) in [5.41, 5.74) is 0.0135. The van der Waals surface area contributed by atoms with Crippen LogP contribution in [0.4, 0.5) is 5.13 Å². The average molecular weight is 460 g/mol. The van der Waals surface area contributed by atoms with Crippen molar-refractivity contribution in [3.63, 3.8) is 0 Å². The zero-order valence-corrected chi connectivity index (χ0v) is 17.3. The average Bonchev–Trinajstić information content (AvgIpc) is 3.32. The molecule has 0 bridgehead atoms. The Morgan fingerprint density at radius 1 is 1.52 bits per heavy atom. The Bertz CT molecular complexity index is 962. The van der Waals surface area contributed by atoms with Crippen LogP contribution < -0.4 is 16.0 Å². The topological polar surface area (TPSA) is 165 Å². The van der Waals surface area contributed by atoms with Crippen molar-refractivity contribution in [1.29, 1.82) is 0 Å². The lowest BCUT2D eigenvalue weighted by Crippen LogP contribution is -2.68. The Morgan fingerprint density at radius 2 is 2.31 bits per heavy atom. The molecule has 3 amide bonds. The Hall–Kier alpha value is -2.78. The van der Waals surface area contributed by atoms with E-state index in [2.05, 4.69) is 41.6 Å². The number of tetrazole rings is 1. The molecule has 0 spiro atoms. The molecule has 0 unspecified atom stereocenters. The van der Waals surface area contributed by atoms with E-state index in [4.69, 9.17) is 16.4 Å². The third-order valence-electron chi connectivity index (χ3n) is 3.48. The van der Waals surface area contributed by atoms with E-state index in [0.29, 0.717) is 5.16 Å². The molecule has 29 heavy (non-hydrogen) atoms. The summed E-state index contributed by atoms with van der Waals surface area (Å²) in [7, 11) is 2.92. The van der Waals surface area contributed by atoms with Crippen molar-refractivity contribution in [1.82, 2.24) is 35.8 Å². The molecular weight excluding hydrogens is 446 g/mol. The highest BCUT2D eigenvalue weighted by molar-refractivity contribution is 7.99. The smallest absolute Gasteiger partial charge is 0.276 e. The summed E-state index contributed by atoms with van der Waals surface area (Å²) in [5, 5.41) is 24.2. The second kappa shape index (κ2) is 9.15. The molecule has 16 heteroatoms. The maximum atomic E-state index is 12.7. The second-order valence-electron chi connectivity index (χ2n) is 5.43. The van der Waals surface area contributed by atoms with E-state index in [1.807, 2.05) is 0 Å². The molecule has 2 aromatic rings. The minimum absolute atomic E-state index is 0.154. The highest BCUT2D eigenvalue weighted by atomic mass is 35.5. The molecular formula is C13H14ClN9O4S2. The first kappa shape index (κ1) is 20.9. The van der Waals surface area contributed by atoms with Crippen molar-refractivity contribution < 1.29 is 19.2 Å². The van der Waals surface area contributed by atoms with E-state index in [9.17, 15) is 14.4 Å². The summed E-state index contributed by atoms with van der Waals surface area (Å²) in [6, 6.07) is -0.833. The quantitative estimate of drug-likeness (QED) is 0.193. The number of anilines is 1. The molecule has 3 N–H and O–H groups in total. The molecule has 0 saturated carbocycles. The number of oxime groups is 1. The molecule has 0 radical (unpaired) electrons. The molecule has 1 fully saturated rings. The second-order valence-corrected chi connectivity index (χ2v) is 7.66. The third kappa shape index (κ3) is 4.80. The number of amides is 3. The first-order valence-electron chi connectivity index (χ1n) is 7.86. The maximum absolute atomic E-state index is 12.7. The molecule has 3 rings (SSSR count). The lowest BCUT2D eigenvalue weighted by atomic mass is 10.1. The fraction of sp³-hybridized carbons (Fsp3) is 0.385. The van der Waals surface area contributed by atoms with Gasteiger partial charge in [-0.3, -0.25) is 14.4 Å². The number of rotatable bonds is 8. The minimum atomic E-state index is -0.833. The number of β-lactam (4-membered cyclic amide) rings is 1. The number of thioether (sulfide) groups is 1. The first-order chi connectivity index (χ1) is 13.9. The van der Waals surface area contributed by atoms with Crippen molar-refractivity contribution in [2.45, 2.75) is 16.6 Å². The number of carbonyl (C=O) groups excluding carboxylic acids is 3. The van der Waals surface area contributed by atoms with Gasteiger partial charge in [0.1, 0.15) is 30.1 Å². The lowest BCUT2D eigenvalue weighted by Gasteiger charge is -2.35. The number of alkyl halides is 1. The fourth-order valence-electron chi connectivity index (χ4n) is 2.13. The largest absolute Gasteiger partial charge is 0.398 e. The predicted octanol–water partition coefficient (Wildman–Crippen LogP) is -1.07. The number of nitrogens with zero attached hydrogens (tertiary/aromatic N) is 6. The standard InChI is InChI=1S/C13H14ClN9O4S2/c1-23-13(19-21-22-23)29-11-8(10(26)18-11)17-9(25)7(20-27-2)5-4-28-12(15-5)16-6(24)3-14/h4,8,11H,3H2,1-2H3,(H,17,25)(H,18,26)(H,15,16,24)/t8-,11-/m1/s1. The monoisotopic (exact) mass is 459 g/mol. The van der Waals surface area contributed by atoms with E-state index in [1.54, 1.807) is 7.05 Å². The summed E-state index contributed by atoms with van der Waals surface area (Å²) in [5.74, 6) is -1.71. The van der Waals surface area contributed by atoms with E-state index in [-0.39, 0.29) is 28.3 Å². The van der Waals surface area contributed by atoms with Gasteiger partial charge in [0.25, 0.3) is 5.91 Å². The van der Waals surface area contributed by atoms with Crippen molar-refractivity contribution in [2.75, 3.05) is 18.3 Å². The van der Waals surface area contributed by atoms with Crippen molar-refractivity contribution >= 4 is 63.3 Å². The van der Waals surface area contributed by atoms with Crippen LogP contribution in [-0.4, -0.2) is 73.0 Å². The molecule has 2 aromatic heterocycles. The third-order valence-corrected chi connectivity index (χ3v) is 5.68. The molecule has 0 aliphatic carbocycles. The number of carbonyl (C=O) groups is 3. The summed E-state index contributed by atoms with van der Waals surface area (Å²) < 4.78 is 1.44.